The Kier molecular flexibility index (Phi) is 7.86. The summed E-state index contributed by atoms with van der Waals surface area (Å²) in [6, 6.07) is -0.577. The van der Waals surface area contributed by atoms with Gasteiger partial charge in [0.2, 0.25) is 0 Å². The van der Waals surface area contributed by atoms with E-state index in [4.69, 9.17) is 15.0 Å². The van der Waals surface area contributed by atoms with Crippen LogP contribution in [-0.2, 0) is 16.1 Å². The van der Waals surface area contributed by atoms with Gasteiger partial charge in [0.15, 0.2) is 0 Å². The number of aliphatic hydroxyl groups is 1. The molecule has 1 aliphatic heterocycles. The minimum atomic E-state index is -0.727. The Morgan fingerprint density at radius 3 is 2.96 bits per heavy atom. The van der Waals surface area contributed by atoms with Crippen molar-refractivity contribution < 1.29 is 14.6 Å². The van der Waals surface area contributed by atoms with Crippen LogP contribution in [0.25, 0.3) is 10.4 Å². The standard InChI is InChI=1S/C16H25N5O5/c1-2-3-4-5-6-25-10-11-8-21(16(24)18-15(11)23)14-7-12(19-20-17)13(9-22)26-14/h8,12-14,22H,2-7,9-10H2,1H3,(H,18,23,24). The van der Waals surface area contributed by atoms with Gasteiger partial charge < -0.3 is 14.6 Å². The first kappa shape index (κ1) is 20.2. The smallest absolute Gasteiger partial charge is 0.330 e. The van der Waals surface area contributed by atoms with Crippen molar-refractivity contribution in [3.8, 4) is 0 Å². The van der Waals surface area contributed by atoms with Crippen molar-refractivity contribution in [1.82, 2.24) is 9.55 Å². The summed E-state index contributed by atoms with van der Waals surface area (Å²) in [4.78, 5) is 29.1. The van der Waals surface area contributed by atoms with E-state index in [1.165, 1.54) is 10.8 Å². The summed E-state index contributed by atoms with van der Waals surface area (Å²) >= 11 is 0. The number of aromatic amines is 1. The zero-order valence-corrected chi connectivity index (χ0v) is 14.8. The average molecular weight is 367 g/mol. The number of rotatable bonds is 10. The zero-order chi connectivity index (χ0) is 18.9. The quantitative estimate of drug-likeness (QED) is 0.279. The molecule has 2 N–H and O–H groups in total. The molecule has 0 radical (unpaired) electrons. The Bertz CT molecular complexity index is 739. The van der Waals surface area contributed by atoms with Crippen molar-refractivity contribution in [1.29, 1.82) is 0 Å². The number of azide groups is 1. The second-order valence-electron chi connectivity index (χ2n) is 6.25. The van der Waals surface area contributed by atoms with Gasteiger partial charge in [0, 0.05) is 24.1 Å². The van der Waals surface area contributed by atoms with Crippen LogP contribution in [0.5, 0.6) is 0 Å². The molecule has 10 heteroatoms. The molecule has 0 aliphatic carbocycles. The molecule has 1 aromatic rings. The van der Waals surface area contributed by atoms with Gasteiger partial charge in [0.1, 0.15) is 6.23 Å². The first-order valence-corrected chi connectivity index (χ1v) is 8.83. The summed E-state index contributed by atoms with van der Waals surface area (Å²) in [7, 11) is 0. The van der Waals surface area contributed by atoms with Gasteiger partial charge in [-0.3, -0.25) is 14.3 Å². The molecular formula is C16H25N5O5. The predicted octanol–water partition coefficient (Wildman–Crippen LogP) is 1.59. The summed E-state index contributed by atoms with van der Waals surface area (Å²) < 4.78 is 12.4. The van der Waals surface area contributed by atoms with Crippen LogP contribution < -0.4 is 11.2 Å². The number of aliphatic hydroxyl groups excluding tert-OH is 1. The van der Waals surface area contributed by atoms with Gasteiger partial charge in [-0.25, -0.2) is 4.79 Å². The Balaban J connectivity index is 2.06. The van der Waals surface area contributed by atoms with Crippen molar-refractivity contribution in [3.05, 3.63) is 43.0 Å². The van der Waals surface area contributed by atoms with E-state index in [9.17, 15) is 14.7 Å². The number of hydrogen-bond acceptors (Lipinski definition) is 6. The van der Waals surface area contributed by atoms with Crippen molar-refractivity contribution in [2.75, 3.05) is 13.2 Å². The molecule has 26 heavy (non-hydrogen) atoms. The van der Waals surface area contributed by atoms with Crippen LogP contribution in [0.3, 0.4) is 0 Å². The SMILES string of the molecule is CCCCCCOCc1cn(C2CC(N=[N+]=[N-])C(CO)O2)c(=O)[nH]c1=O. The lowest BCUT2D eigenvalue weighted by atomic mass is 10.1. The number of aromatic nitrogens is 2. The molecule has 1 saturated heterocycles. The fourth-order valence-corrected chi connectivity index (χ4v) is 2.89. The predicted molar refractivity (Wildman–Crippen MR) is 93.7 cm³/mol. The van der Waals surface area contributed by atoms with E-state index in [2.05, 4.69) is 21.9 Å². The largest absolute Gasteiger partial charge is 0.394 e. The maximum atomic E-state index is 12.1. The Labute approximate surface area is 150 Å². The van der Waals surface area contributed by atoms with Crippen molar-refractivity contribution >= 4 is 0 Å². The van der Waals surface area contributed by atoms with Gasteiger partial charge in [-0.05, 0) is 12.0 Å². The molecule has 3 unspecified atom stereocenters. The lowest BCUT2D eigenvalue weighted by molar-refractivity contribution is -0.0274. The average Bonchev–Trinajstić information content (AvgIpc) is 3.02. The van der Waals surface area contributed by atoms with Gasteiger partial charge in [-0.1, -0.05) is 31.3 Å². The van der Waals surface area contributed by atoms with E-state index >= 15 is 0 Å². The molecular weight excluding hydrogens is 342 g/mol. The lowest BCUT2D eigenvalue weighted by Crippen LogP contribution is -2.34. The monoisotopic (exact) mass is 367 g/mol. The summed E-state index contributed by atoms with van der Waals surface area (Å²) in [5.74, 6) is 0. The molecule has 0 aromatic carbocycles. The van der Waals surface area contributed by atoms with E-state index in [-0.39, 0.29) is 19.6 Å². The number of ether oxygens (including phenoxy) is 2. The second kappa shape index (κ2) is 10.1. The fraction of sp³-hybridized carbons (Fsp3) is 0.750. The number of H-pyrrole nitrogens is 1. The molecule has 0 spiro atoms. The fourth-order valence-electron chi connectivity index (χ4n) is 2.89. The number of nitrogens with one attached hydrogen (secondary N) is 1. The van der Waals surface area contributed by atoms with Crippen LogP contribution in [0.2, 0.25) is 0 Å². The summed E-state index contributed by atoms with van der Waals surface area (Å²) in [6.07, 6.45) is 4.51. The molecule has 0 bridgehead atoms. The highest BCUT2D eigenvalue weighted by Crippen LogP contribution is 2.29. The van der Waals surface area contributed by atoms with Gasteiger partial charge in [0.25, 0.3) is 5.56 Å². The van der Waals surface area contributed by atoms with Crippen molar-refractivity contribution in [3.63, 3.8) is 0 Å². The van der Waals surface area contributed by atoms with E-state index in [0.717, 1.165) is 25.7 Å². The molecule has 1 fully saturated rings. The topological polar surface area (TPSA) is 142 Å². The van der Waals surface area contributed by atoms with E-state index < -0.39 is 29.6 Å². The van der Waals surface area contributed by atoms with Gasteiger partial charge in [0.05, 0.1) is 30.9 Å². The van der Waals surface area contributed by atoms with E-state index in [0.29, 0.717) is 12.2 Å². The maximum Gasteiger partial charge on any atom is 0.330 e. The Morgan fingerprint density at radius 1 is 1.46 bits per heavy atom. The summed E-state index contributed by atoms with van der Waals surface area (Å²) in [6.45, 7) is 2.44. The zero-order valence-electron chi connectivity index (χ0n) is 14.8. The Morgan fingerprint density at radius 2 is 2.27 bits per heavy atom. The molecule has 3 atom stereocenters. The van der Waals surface area contributed by atoms with Gasteiger partial charge >= 0.3 is 5.69 Å². The highest BCUT2D eigenvalue weighted by atomic mass is 16.5. The molecule has 10 nitrogen and oxygen atoms in total. The third-order valence-electron chi connectivity index (χ3n) is 4.34. The van der Waals surface area contributed by atoms with Crippen molar-refractivity contribution in [2.24, 2.45) is 5.11 Å². The summed E-state index contributed by atoms with van der Waals surface area (Å²) in [5.41, 5.74) is 7.79. The van der Waals surface area contributed by atoms with Crippen LogP contribution in [0, 0.1) is 0 Å². The molecule has 144 valence electrons. The Hall–Kier alpha value is -2.13. The number of nitrogens with zero attached hydrogens (tertiary/aromatic N) is 4. The molecule has 2 heterocycles. The van der Waals surface area contributed by atoms with E-state index in [1.807, 2.05) is 0 Å². The van der Waals surface area contributed by atoms with Crippen LogP contribution in [0.1, 0.15) is 50.8 Å². The van der Waals surface area contributed by atoms with Crippen molar-refractivity contribution in [2.45, 2.75) is 64.0 Å². The molecule has 0 saturated carbocycles. The molecule has 1 aromatic heterocycles. The third-order valence-corrected chi connectivity index (χ3v) is 4.34. The second-order valence-corrected chi connectivity index (χ2v) is 6.25. The van der Waals surface area contributed by atoms with Crippen LogP contribution >= 0.6 is 0 Å². The highest BCUT2D eigenvalue weighted by molar-refractivity contribution is 5.04. The third kappa shape index (κ3) is 5.18. The minimum Gasteiger partial charge on any atom is -0.394 e. The van der Waals surface area contributed by atoms with E-state index in [1.54, 1.807) is 0 Å². The molecule has 1 aliphatic rings. The summed E-state index contributed by atoms with van der Waals surface area (Å²) in [5, 5.41) is 12.9. The maximum absolute atomic E-state index is 12.1. The number of hydrogen-bond donors (Lipinski definition) is 2. The van der Waals surface area contributed by atoms with Crippen LogP contribution in [0.15, 0.2) is 20.9 Å². The highest BCUT2D eigenvalue weighted by Gasteiger charge is 2.35. The number of unbranched alkanes of at least 4 members (excludes halogenated alkanes) is 3. The minimum absolute atomic E-state index is 0.0949. The molecule has 2 rings (SSSR count). The first-order chi connectivity index (χ1) is 12.6. The first-order valence-electron chi connectivity index (χ1n) is 8.83. The normalized spacial score (nSPS) is 22.3. The van der Waals surface area contributed by atoms with Crippen LogP contribution in [-0.4, -0.2) is 40.0 Å². The molecule has 0 amide bonds. The van der Waals surface area contributed by atoms with Gasteiger partial charge in [-0.2, -0.15) is 0 Å². The van der Waals surface area contributed by atoms with Gasteiger partial charge in [-0.15, -0.1) is 0 Å². The van der Waals surface area contributed by atoms with Crippen LogP contribution in [0.4, 0.5) is 0 Å². The lowest BCUT2D eigenvalue weighted by Gasteiger charge is -2.15.